The fraction of sp³-hybridized carbons (Fsp3) is 0.500. The summed E-state index contributed by atoms with van der Waals surface area (Å²) in [5.41, 5.74) is 3.52. The van der Waals surface area contributed by atoms with Crippen molar-refractivity contribution in [3.63, 3.8) is 0 Å². The SMILES string of the molecule is OCCSNc1ccc2c(c1)N1CCC(CC1)OC/C=C\CC1CCN(CC1)c1nccc(n1)-c1nnc-2o1. The maximum absolute atomic E-state index is 9.16. The lowest BCUT2D eigenvalue weighted by Crippen LogP contribution is -2.37. The molecule has 2 N–H and O–H groups in total. The molecular weight excluding hydrogens is 514 g/mol. The lowest BCUT2D eigenvalue weighted by molar-refractivity contribution is 0.0561. The van der Waals surface area contributed by atoms with Crippen LogP contribution in [0.4, 0.5) is 17.3 Å². The molecule has 206 valence electrons. The zero-order chi connectivity index (χ0) is 26.4. The molecule has 8 bridgehead atoms. The Morgan fingerprint density at radius 2 is 1.79 bits per heavy atom. The molecule has 2 fully saturated rings. The summed E-state index contributed by atoms with van der Waals surface area (Å²) in [6, 6.07) is 7.97. The van der Waals surface area contributed by atoms with Gasteiger partial charge in [0.1, 0.15) is 5.69 Å². The van der Waals surface area contributed by atoms with Gasteiger partial charge in [0.05, 0.1) is 30.6 Å². The summed E-state index contributed by atoms with van der Waals surface area (Å²) in [5, 5.41) is 18.0. The zero-order valence-corrected chi connectivity index (χ0v) is 22.9. The van der Waals surface area contributed by atoms with Crippen molar-refractivity contribution in [2.75, 3.05) is 59.7 Å². The molecule has 6 aliphatic heterocycles. The first-order valence-corrected chi connectivity index (χ1v) is 14.8. The van der Waals surface area contributed by atoms with Crippen LogP contribution < -0.4 is 14.5 Å². The minimum Gasteiger partial charge on any atom is -0.415 e. The molecule has 0 saturated carbocycles. The summed E-state index contributed by atoms with van der Waals surface area (Å²) in [4.78, 5) is 13.9. The number of aliphatic hydroxyl groups is 1. The van der Waals surface area contributed by atoms with Crippen molar-refractivity contribution in [2.45, 2.75) is 38.2 Å². The monoisotopic (exact) mass is 549 g/mol. The molecule has 39 heavy (non-hydrogen) atoms. The highest BCUT2D eigenvalue weighted by atomic mass is 32.2. The Balaban J connectivity index is 1.33. The average molecular weight is 550 g/mol. The van der Waals surface area contributed by atoms with Crippen molar-refractivity contribution in [3.8, 4) is 23.0 Å². The number of nitrogens with zero attached hydrogens (tertiary/aromatic N) is 6. The van der Waals surface area contributed by atoms with Gasteiger partial charge in [-0.25, -0.2) is 9.97 Å². The standard InChI is InChI=1S/C28H35N7O3S/c36-16-18-39-33-21-4-5-23-25(19-21)34-14-9-22(10-15-34)37-17-2-1-3-20-7-12-35(13-8-20)28-29-11-6-24(30-28)27-32-31-26(23)38-27/h1-2,4-6,11,19-20,22,33,36H,3,7-10,12-18H2/b2-1-. The van der Waals surface area contributed by atoms with E-state index in [-0.39, 0.29) is 12.7 Å². The molecule has 0 radical (unpaired) electrons. The molecule has 0 spiro atoms. The number of anilines is 3. The number of nitrogens with one attached hydrogen (secondary N) is 1. The Hall–Kier alpha value is -3.15. The van der Waals surface area contributed by atoms with E-state index < -0.39 is 0 Å². The summed E-state index contributed by atoms with van der Waals surface area (Å²) in [6.45, 7) is 4.42. The zero-order valence-electron chi connectivity index (χ0n) is 22.0. The number of allylic oxidation sites excluding steroid dienone is 1. The van der Waals surface area contributed by atoms with Crippen LogP contribution in [-0.4, -0.2) is 76.5 Å². The van der Waals surface area contributed by atoms with Gasteiger partial charge in [-0.15, -0.1) is 10.2 Å². The predicted molar refractivity (Wildman–Crippen MR) is 154 cm³/mol. The Bertz CT molecular complexity index is 1270. The molecular formula is C28H35N7O3S. The molecule has 11 heteroatoms. The summed E-state index contributed by atoms with van der Waals surface area (Å²) >= 11 is 1.48. The molecule has 8 heterocycles. The fourth-order valence-electron chi connectivity index (χ4n) is 5.45. The van der Waals surface area contributed by atoms with E-state index in [9.17, 15) is 0 Å². The number of hydrogen-bond donors (Lipinski definition) is 2. The van der Waals surface area contributed by atoms with Gasteiger partial charge in [-0.1, -0.05) is 24.1 Å². The van der Waals surface area contributed by atoms with Gasteiger partial charge in [-0.3, -0.25) is 0 Å². The largest absolute Gasteiger partial charge is 0.415 e. The van der Waals surface area contributed by atoms with Gasteiger partial charge < -0.3 is 28.8 Å². The van der Waals surface area contributed by atoms with E-state index in [2.05, 4.69) is 47.9 Å². The van der Waals surface area contributed by atoms with Crippen molar-refractivity contribution < 1.29 is 14.3 Å². The topological polar surface area (TPSA) is 113 Å². The lowest BCUT2D eigenvalue weighted by atomic mass is 9.93. The van der Waals surface area contributed by atoms with Crippen LogP contribution in [0.3, 0.4) is 0 Å². The summed E-state index contributed by atoms with van der Waals surface area (Å²) in [7, 11) is 0. The molecule has 9 rings (SSSR count). The predicted octanol–water partition coefficient (Wildman–Crippen LogP) is 4.41. The Labute approximate surface area is 233 Å². The highest BCUT2D eigenvalue weighted by molar-refractivity contribution is 8.00. The van der Waals surface area contributed by atoms with E-state index >= 15 is 0 Å². The normalized spacial score (nSPS) is 22.3. The third kappa shape index (κ3) is 6.21. The van der Waals surface area contributed by atoms with E-state index in [4.69, 9.17) is 19.2 Å². The fourth-order valence-corrected chi connectivity index (χ4v) is 5.94. The number of hydrogen-bond acceptors (Lipinski definition) is 11. The minimum atomic E-state index is 0.124. The maximum atomic E-state index is 9.16. The van der Waals surface area contributed by atoms with Crippen molar-refractivity contribution in [1.82, 2.24) is 20.2 Å². The molecule has 0 amide bonds. The Kier molecular flexibility index (Phi) is 8.27. The van der Waals surface area contributed by atoms with Gasteiger partial charge in [-0.05, 0) is 62.3 Å². The molecule has 0 atom stereocenters. The number of piperidine rings is 2. The first-order chi connectivity index (χ1) is 19.3. The van der Waals surface area contributed by atoms with Crippen LogP contribution in [-0.2, 0) is 4.74 Å². The van der Waals surface area contributed by atoms with E-state index in [1.54, 1.807) is 6.20 Å². The quantitative estimate of drug-likeness (QED) is 0.274. The van der Waals surface area contributed by atoms with Crippen molar-refractivity contribution in [2.24, 2.45) is 5.92 Å². The highest BCUT2D eigenvalue weighted by Crippen LogP contribution is 2.36. The van der Waals surface area contributed by atoms with Crippen LogP contribution in [0.15, 0.2) is 47.0 Å². The molecule has 0 aliphatic carbocycles. The first kappa shape index (κ1) is 26.1. The van der Waals surface area contributed by atoms with E-state index in [0.29, 0.717) is 41.7 Å². The number of aliphatic hydroxyl groups excluding tert-OH is 1. The second-order valence-electron chi connectivity index (χ2n) is 10.2. The van der Waals surface area contributed by atoms with Crippen LogP contribution in [0.5, 0.6) is 0 Å². The first-order valence-electron chi connectivity index (χ1n) is 13.8. The second kappa shape index (κ2) is 12.4. The lowest BCUT2D eigenvalue weighted by Gasteiger charge is -2.34. The van der Waals surface area contributed by atoms with Crippen molar-refractivity contribution >= 4 is 29.3 Å². The summed E-state index contributed by atoms with van der Waals surface area (Å²) in [5.74, 6) is 2.85. The number of ether oxygens (including phenoxy) is 1. The molecule has 1 aromatic carbocycles. The summed E-state index contributed by atoms with van der Waals surface area (Å²) < 4.78 is 15.8. The van der Waals surface area contributed by atoms with E-state index in [0.717, 1.165) is 75.2 Å². The average Bonchev–Trinajstić information content (AvgIpc) is 3.48. The van der Waals surface area contributed by atoms with Crippen LogP contribution in [0.2, 0.25) is 0 Å². The maximum Gasteiger partial charge on any atom is 0.266 e. The molecule has 10 nitrogen and oxygen atoms in total. The molecule has 6 aliphatic rings. The minimum absolute atomic E-state index is 0.124. The number of aromatic nitrogens is 4. The van der Waals surface area contributed by atoms with Crippen LogP contribution in [0.1, 0.15) is 32.1 Å². The van der Waals surface area contributed by atoms with Crippen LogP contribution >= 0.6 is 11.9 Å². The van der Waals surface area contributed by atoms with E-state index in [1.807, 2.05) is 18.2 Å². The van der Waals surface area contributed by atoms with Gasteiger partial charge in [0.25, 0.3) is 5.89 Å². The Morgan fingerprint density at radius 3 is 2.64 bits per heavy atom. The van der Waals surface area contributed by atoms with Crippen LogP contribution in [0, 0.1) is 5.92 Å². The smallest absolute Gasteiger partial charge is 0.266 e. The van der Waals surface area contributed by atoms with Crippen molar-refractivity contribution in [3.05, 3.63) is 42.6 Å². The van der Waals surface area contributed by atoms with Crippen molar-refractivity contribution in [1.29, 1.82) is 0 Å². The van der Waals surface area contributed by atoms with Gasteiger partial charge in [-0.2, -0.15) is 0 Å². The van der Waals surface area contributed by atoms with Gasteiger partial charge in [0.2, 0.25) is 11.8 Å². The molecule has 0 unspecified atom stereocenters. The van der Waals surface area contributed by atoms with Gasteiger partial charge >= 0.3 is 0 Å². The second-order valence-corrected chi connectivity index (χ2v) is 11.1. The third-order valence-electron chi connectivity index (χ3n) is 7.64. The molecule has 2 saturated heterocycles. The molecule has 3 aromatic rings. The number of benzene rings is 1. The summed E-state index contributed by atoms with van der Waals surface area (Å²) in [6.07, 6.45) is 11.8. The third-order valence-corrected chi connectivity index (χ3v) is 8.41. The van der Waals surface area contributed by atoms with E-state index in [1.165, 1.54) is 11.9 Å². The Morgan fingerprint density at radius 1 is 0.974 bits per heavy atom. The number of rotatable bonds is 4. The van der Waals surface area contributed by atoms with Gasteiger partial charge in [0.15, 0.2) is 0 Å². The van der Waals surface area contributed by atoms with Gasteiger partial charge in [0, 0.05) is 43.8 Å². The van der Waals surface area contributed by atoms with Crippen LogP contribution in [0.25, 0.3) is 23.0 Å². The molecule has 2 aromatic heterocycles. The highest BCUT2D eigenvalue weighted by Gasteiger charge is 2.25.